The van der Waals surface area contributed by atoms with Crippen molar-refractivity contribution >= 4 is 23.6 Å². The van der Waals surface area contributed by atoms with Crippen molar-refractivity contribution in [1.82, 2.24) is 25.5 Å². The number of nitrogens with one attached hydrogen (secondary N) is 3. The molecular formula is C30H24N6O2. The van der Waals surface area contributed by atoms with Crippen molar-refractivity contribution < 1.29 is 9.59 Å². The van der Waals surface area contributed by atoms with Gasteiger partial charge in [0.15, 0.2) is 0 Å². The third kappa shape index (κ3) is 5.83. The van der Waals surface area contributed by atoms with Crippen LogP contribution in [0.25, 0.3) is 23.0 Å². The van der Waals surface area contributed by atoms with E-state index in [2.05, 4.69) is 21.2 Å². The van der Waals surface area contributed by atoms with Crippen LogP contribution < -0.4 is 16.2 Å². The van der Waals surface area contributed by atoms with Gasteiger partial charge < -0.3 is 5.32 Å². The van der Waals surface area contributed by atoms with Gasteiger partial charge in [0.25, 0.3) is 11.8 Å². The van der Waals surface area contributed by atoms with E-state index < -0.39 is 11.8 Å². The largest absolute Gasteiger partial charge is 0.317 e. The van der Waals surface area contributed by atoms with E-state index in [0.717, 1.165) is 11.3 Å². The molecule has 3 N–H and O–H groups in total. The zero-order valence-corrected chi connectivity index (χ0v) is 20.3. The quantitative estimate of drug-likeness (QED) is 0.209. The summed E-state index contributed by atoms with van der Waals surface area (Å²) in [5.41, 5.74) is 9.56. The molecule has 0 aliphatic rings. The maximum Gasteiger partial charge on any atom is 0.286 e. The molecule has 0 aliphatic carbocycles. The number of anilines is 1. The minimum atomic E-state index is -0.525. The Morgan fingerprint density at radius 2 is 1.47 bits per heavy atom. The second-order valence-corrected chi connectivity index (χ2v) is 8.28. The first-order valence-corrected chi connectivity index (χ1v) is 11.9. The van der Waals surface area contributed by atoms with Crippen LogP contribution in [0.2, 0.25) is 0 Å². The van der Waals surface area contributed by atoms with E-state index in [1.165, 1.54) is 0 Å². The van der Waals surface area contributed by atoms with Crippen molar-refractivity contribution in [2.75, 3.05) is 5.43 Å². The van der Waals surface area contributed by atoms with E-state index in [4.69, 9.17) is 5.10 Å². The zero-order chi connectivity index (χ0) is 26.2. The number of hydrogen-bond donors (Lipinski definition) is 3. The summed E-state index contributed by atoms with van der Waals surface area (Å²) in [5, 5.41) is 7.53. The number of pyridine rings is 1. The van der Waals surface area contributed by atoms with E-state index >= 15 is 0 Å². The highest BCUT2D eigenvalue weighted by Crippen LogP contribution is 2.25. The number of nitrogens with zero attached hydrogens (tertiary/aromatic N) is 3. The fourth-order valence-electron chi connectivity index (χ4n) is 3.75. The number of carbonyl (C=O) groups excluding carboxylic acids is 2. The lowest BCUT2D eigenvalue weighted by Gasteiger charge is -2.13. The standard InChI is InChI=1S/C30H24N6O2/c37-29(22-11-4-1-5-12-22)32-27(30(38)34-33-25-14-6-2-7-15-25)19-24-21-36(26-16-8-3-9-17-26)35-28(24)23-13-10-18-31-20-23/h1-21,33H,(H,32,37)(H,34,38)/b27-19+. The number of carbonyl (C=O) groups is 2. The molecular weight excluding hydrogens is 476 g/mol. The normalized spacial score (nSPS) is 11.0. The predicted molar refractivity (Wildman–Crippen MR) is 147 cm³/mol. The Kier molecular flexibility index (Phi) is 7.32. The monoisotopic (exact) mass is 500 g/mol. The third-order valence-electron chi connectivity index (χ3n) is 5.62. The average molecular weight is 501 g/mol. The maximum atomic E-state index is 13.3. The molecule has 0 spiro atoms. The molecule has 8 heteroatoms. The lowest BCUT2D eigenvalue weighted by Crippen LogP contribution is -2.37. The molecule has 0 bridgehead atoms. The van der Waals surface area contributed by atoms with Gasteiger partial charge in [-0.1, -0.05) is 54.6 Å². The second kappa shape index (κ2) is 11.5. The van der Waals surface area contributed by atoms with Gasteiger partial charge in [0.1, 0.15) is 11.4 Å². The van der Waals surface area contributed by atoms with Crippen molar-refractivity contribution in [3.63, 3.8) is 0 Å². The van der Waals surface area contributed by atoms with E-state index in [-0.39, 0.29) is 5.70 Å². The first-order valence-electron chi connectivity index (χ1n) is 11.9. The highest BCUT2D eigenvalue weighted by atomic mass is 16.2. The minimum absolute atomic E-state index is 0.0417. The number of hydrogen-bond acceptors (Lipinski definition) is 5. The third-order valence-corrected chi connectivity index (χ3v) is 5.62. The zero-order valence-electron chi connectivity index (χ0n) is 20.3. The van der Waals surface area contributed by atoms with Gasteiger partial charge in [-0.2, -0.15) is 5.10 Å². The van der Waals surface area contributed by atoms with Gasteiger partial charge in [0.2, 0.25) is 0 Å². The Hall–Kier alpha value is -5.50. The molecule has 0 fully saturated rings. The van der Waals surface area contributed by atoms with Crippen molar-refractivity contribution in [2.24, 2.45) is 0 Å². The van der Waals surface area contributed by atoms with Gasteiger partial charge in [-0.3, -0.25) is 25.4 Å². The summed E-state index contributed by atoms with van der Waals surface area (Å²) in [6.45, 7) is 0. The van der Waals surface area contributed by atoms with E-state index in [9.17, 15) is 9.59 Å². The highest BCUT2D eigenvalue weighted by molar-refractivity contribution is 6.06. The van der Waals surface area contributed by atoms with Crippen LogP contribution in [-0.2, 0) is 4.79 Å². The first kappa shape index (κ1) is 24.2. The summed E-state index contributed by atoms with van der Waals surface area (Å²) in [4.78, 5) is 30.6. The summed E-state index contributed by atoms with van der Waals surface area (Å²) in [6, 6.07) is 31.3. The fourth-order valence-corrected chi connectivity index (χ4v) is 3.75. The van der Waals surface area contributed by atoms with Crippen LogP contribution in [0.5, 0.6) is 0 Å². The molecule has 0 unspecified atom stereocenters. The van der Waals surface area contributed by atoms with Crippen LogP contribution in [0.1, 0.15) is 15.9 Å². The lowest BCUT2D eigenvalue weighted by molar-refractivity contribution is -0.117. The van der Waals surface area contributed by atoms with Crippen LogP contribution in [0, 0.1) is 0 Å². The summed E-state index contributed by atoms with van der Waals surface area (Å²) < 4.78 is 1.73. The Labute approximate surface area is 219 Å². The first-order chi connectivity index (χ1) is 18.7. The van der Waals surface area contributed by atoms with Crippen LogP contribution in [0.4, 0.5) is 5.69 Å². The van der Waals surface area contributed by atoms with Gasteiger partial charge in [-0.25, -0.2) is 4.68 Å². The molecule has 0 saturated heterocycles. The summed E-state index contributed by atoms with van der Waals surface area (Å²) in [6.07, 6.45) is 6.80. The van der Waals surface area contributed by atoms with Crippen LogP contribution in [0.15, 0.2) is 127 Å². The van der Waals surface area contributed by atoms with Gasteiger partial charge in [0.05, 0.1) is 11.4 Å². The van der Waals surface area contributed by atoms with Crippen molar-refractivity contribution in [3.05, 3.63) is 139 Å². The Balaban J connectivity index is 1.54. The molecule has 2 heterocycles. The van der Waals surface area contributed by atoms with Gasteiger partial charge >= 0.3 is 0 Å². The minimum Gasteiger partial charge on any atom is -0.317 e. The van der Waals surface area contributed by atoms with Crippen molar-refractivity contribution in [1.29, 1.82) is 0 Å². The van der Waals surface area contributed by atoms with Crippen molar-refractivity contribution in [3.8, 4) is 16.9 Å². The van der Waals surface area contributed by atoms with E-state index in [1.54, 1.807) is 47.4 Å². The van der Waals surface area contributed by atoms with E-state index in [1.807, 2.05) is 85.1 Å². The summed E-state index contributed by atoms with van der Waals surface area (Å²) in [7, 11) is 0. The molecule has 2 aromatic heterocycles. The molecule has 0 aliphatic heterocycles. The van der Waals surface area contributed by atoms with Gasteiger partial charge in [-0.05, 0) is 54.6 Å². The SMILES string of the molecule is O=C(NNc1ccccc1)/C(=C\c1cn(-c2ccccc2)nc1-c1cccnc1)NC(=O)c1ccccc1. The smallest absolute Gasteiger partial charge is 0.286 e. The number of amides is 2. The average Bonchev–Trinajstić information content (AvgIpc) is 3.41. The Bertz CT molecular complexity index is 1550. The number of rotatable bonds is 8. The predicted octanol–water partition coefficient (Wildman–Crippen LogP) is 4.85. The number of hydrazine groups is 1. The molecule has 5 rings (SSSR count). The van der Waals surface area contributed by atoms with Crippen molar-refractivity contribution in [2.45, 2.75) is 0 Å². The fraction of sp³-hybridized carbons (Fsp3) is 0. The number of aromatic nitrogens is 3. The topological polar surface area (TPSA) is 101 Å². The molecule has 38 heavy (non-hydrogen) atoms. The number of para-hydroxylation sites is 2. The second-order valence-electron chi connectivity index (χ2n) is 8.28. The molecule has 3 aromatic carbocycles. The molecule has 0 saturated carbocycles. The molecule has 2 amide bonds. The molecule has 0 atom stereocenters. The van der Waals surface area contributed by atoms with Gasteiger partial charge in [-0.15, -0.1) is 0 Å². The van der Waals surface area contributed by atoms with E-state index in [0.29, 0.717) is 22.5 Å². The van der Waals surface area contributed by atoms with Crippen LogP contribution in [0.3, 0.4) is 0 Å². The summed E-state index contributed by atoms with van der Waals surface area (Å²) >= 11 is 0. The van der Waals surface area contributed by atoms with Gasteiger partial charge in [0, 0.05) is 35.3 Å². The van der Waals surface area contributed by atoms with Crippen LogP contribution in [-0.4, -0.2) is 26.6 Å². The number of benzene rings is 3. The highest BCUT2D eigenvalue weighted by Gasteiger charge is 2.18. The molecule has 5 aromatic rings. The lowest BCUT2D eigenvalue weighted by atomic mass is 10.1. The molecule has 186 valence electrons. The maximum absolute atomic E-state index is 13.3. The van der Waals surface area contributed by atoms with Crippen LogP contribution >= 0.6 is 0 Å². The Morgan fingerprint density at radius 3 is 2.16 bits per heavy atom. The molecule has 0 radical (unpaired) electrons. The Morgan fingerprint density at radius 1 is 0.789 bits per heavy atom. The molecule has 8 nitrogen and oxygen atoms in total. The summed E-state index contributed by atoms with van der Waals surface area (Å²) in [5.74, 6) is -0.937.